The number of rotatable bonds is 9. The number of nitrogens with zero attached hydrogens (tertiary/aromatic N) is 4. The Bertz CT molecular complexity index is 1470. The van der Waals surface area contributed by atoms with E-state index in [0.29, 0.717) is 11.4 Å². The molecule has 14 heteroatoms. The largest absolute Gasteiger partial charge is 0.497 e. The molecule has 202 valence electrons. The normalized spacial score (nSPS) is 10.8. The minimum absolute atomic E-state index is 0.00853. The van der Waals surface area contributed by atoms with Crippen LogP contribution in [0.2, 0.25) is 0 Å². The van der Waals surface area contributed by atoms with Crippen LogP contribution in [0.5, 0.6) is 11.5 Å². The first-order chi connectivity index (χ1) is 18.6. The van der Waals surface area contributed by atoms with Gasteiger partial charge in [0.25, 0.3) is 11.8 Å². The van der Waals surface area contributed by atoms with Gasteiger partial charge in [0.1, 0.15) is 22.9 Å². The van der Waals surface area contributed by atoms with E-state index in [1.165, 1.54) is 31.6 Å². The summed E-state index contributed by atoms with van der Waals surface area (Å²) >= 11 is 0. The topological polar surface area (TPSA) is 120 Å². The molecule has 0 atom stereocenters. The van der Waals surface area contributed by atoms with Crippen LogP contribution in [0.25, 0.3) is 5.69 Å². The fourth-order valence-corrected chi connectivity index (χ4v) is 3.37. The molecular weight excluding hydrogens is 524 g/mol. The number of carbonyl (C=O) groups is 2. The Balaban J connectivity index is 1.64. The summed E-state index contributed by atoms with van der Waals surface area (Å²) in [6.45, 7) is -1.31. The summed E-state index contributed by atoms with van der Waals surface area (Å²) in [5.41, 5.74) is 0.214. The molecule has 0 radical (unpaired) electrons. The molecule has 2 aromatic carbocycles. The summed E-state index contributed by atoms with van der Waals surface area (Å²) in [4.78, 5) is 37.9. The number of amides is 2. The van der Waals surface area contributed by atoms with Gasteiger partial charge in [-0.05, 0) is 31.2 Å². The lowest BCUT2D eigenvalue weighted by molar-refractivity contribution is -0.0498. The third kappa shape index (κ3) is 6.47. The molecule has 0 saturated heterocycles. The van der Waals surface area contributed by atoms with Crippen molar-refractivity contribution in [2.75, 3.05) is 12.4 Å². The van der Waals surface area contributed by atoms with Crippen molar-refractivity contribution in [1.29, 1.82) is 0 Å². The van der Waals surface area contributed by atoms with E-state index >= 15 is 0 Å². The van der Waals surface area contributed by atoms with Gasteiger partial charge in [0.05, 0.1) is 31.2 Å². The molecule has 0 unspecified atom stereocenters. The van der Waals surface area contributed by atoms with Crippen molar-refractivity contribution in [2.24, 2.45) is 0 Å². The van der Waals surface area contributed by atoms with Gasteiger partial charge in [0.15, 0.2) is 11.6 Å². The maximum absolute atomic E-state index is 14.9. The summed E-state index contributed by atoms with van der Waals surface area (Å²) in [7, 11) is 1.23. The summed E-state index contributed by atoms with van der Waals surface area (Å²) in [6.07, 6.45) is 4.03. The number of benzene rings is 2. The predicted octanol–water partition coefficient (Wildman–Crippen LogP) is 4.04. The van der Waals surface area contributed by atoms with E-state index in [-0.39, 0.29) is 29.3 Å². The Hall–Kier alpha value is -5.01. The fraction of sp³-hybridized carbons (Fsp3) is 0.160. The SMILES string of the molecule is COc1cc(F)c(-n2cc(C(=O)NCc3cnc(C)cn3)nc2NC(=O)c2ccc(OC(F)F)cc2)c(F)c1. The molecule has 2 amide bonds. The van der Waals surface area contributed by atoms with E-state index in [0.717, 1.165) is 35.0 Å². The number of hydrogen-bond donors (Lipinski definition) is 2. The van der Waals surface area contributed by atoms with E-state index in [9.17, 15) is 27.2 Å². The Labute approximate surface area is 218 Å². The van der Waals surface area contributed by atoms with Crippen molar-refractivity contribution in [3.05, 3.63) is 89.3 Å². The predicted molar refractivity (Wildman–Crippen MR) is 129 cm³/mol. The van der Waals surface area contributed by atoms with Gasteiger partial charge < -0.3 is 14.8 Å². The molecule has 2 aromatic heterocycles. The van der Waals surface area contributed by atoms with Crippen LogP contribution >= 0.6 is 0 Å². The third-order valence-corrected chi connectivity index (χ3v) is 5.24. The van der Waals surface area contributed by atoms with Gasteiger partial charge in [-0.15, -0.1) is 0 Å². The average molecular weight is 544 g/mol. The summed E-state index contributed by atoms with van der Waals surface area (Å²) in [5, 5.41) is 4.95. The number of carbonyl (C=O) groups excluding carboxylic acids is 2. The van der Waals surface area contributed by atoms with Crippen molar-refractivity contribution >= 4 is 17.8 Å². The van der Waals surface area contributed by atoms with Crippen LogP contribution in [0.1, 0.15) is 32.2 Å². The first kappa shape index (κ1) is 27.0. The third-order valence-electron chi connectivity index (χ3n) is 5.24. The highest BCUT2D eigenvalue weighted by molar-refractivity contribution is 6.04. The van der Waals surface area contributed by atoms with Crippen LogP contribution in [0.15, 0.2) is 55.0 Å². The van der Waals surface area contributed by atoms with Gasteiger partial charge in [-0.3, -0.25) is 29.4 Å². The molecule has 10 nitrogen and oxygen atoms in total. The zero-order valence-electron chi connectivity index (χ0n) is 20.4. The molecule has 2 heterocycles. The molecule has 0 bridgehead atoms. The second kappa shape index (κ2) is 11.6. The number of aromatic nitrogens is 4. The molecule has 0 saturated carbocycles. The maximum atomic E-state index is 14.9. The zero-order valence-corrected chi connectivity index (χ0v) is 20.4. The molecule has 0 fully saturated rings. The number of nitrogens with one attached hydrogen (secondary N) is 2. The lowest BCUT2D eigenvalue weighted by Gasteiger charge is -2.12. The number of alkyl halides is 2. The molecule has 4 aromatic rings. The number of methoxy groups -OCH3 is 1. The molecule has 2 N–H and O–H groups in total. The lowest BCUT2D eigenvalue weighted by atomic mass is 10.2. The van der Waals surface area contributed by atoms with Crippen LogP contribution in [0.4, 0.5) is 23.5 Å². The molecule has 0 aliphatic heterocycles. The standard InChI is InChI=1S/C25H20F4N6O4/c1-13-9-31-15(10-30-13)11-32-23(37)20-12-35(21-18(26)7-17(38-2)8-19(21)27)25(33-20)34-22(36)14-3-5-16(6-4-14)39-24(28)29/h3-10,12,24H,11H2,1-2H3,(H,32,37)(H,33,34,36). The molecule has 0 aliphatic carbocycles. The lowest BCUT2D eigenvalue weighted by Crippen LogP contribution is -2.24. The average Bonchev–Trinajstić information content (AvgIpc) is 3.30. The van der Waals surface area contributed by atoms with Crippen molar-refractivity contribution in [3.8, 4) is 17.2 Å². The summed E-state index contributed by atoms with van der Waals surface area (Å²) in [6, 6.07) is 6.52. The van der Waals surface area contributed by atoms with Gasteiger partial charge in [-0.1, -0.05) is 0 Å². The molecular formula is C25H20F4N6O4. The van der Waals surface area contributed by atoms with E-state index in [1.807, 2.05) is 0 Å². The number of imidazole rings is 1. The number of aryl methyl sites for hydroxylation is 1. The Morgan fingerprint density at radius 1 is 1.00 bits per heavy atom. The number of hydrogen-bond acceptors (Lipinski definition) is 7. The summed E-state index contributed by atoms with van der Waals surface area (Å²) < 4.78 is 64.6. The van der Waals surface area contributed by atoms with Crippen molar-refractivity contribution in [1.82, 2.24) is 24.8 Å². The van der Waals surface area contributed by atoms with Crippen molar-refractivity contribution < 1.29 is 36.6 Å². The minimum Gasteiger partial charge on any atom is -0.497 e. The highest BCUT2D eigenvalue weighted by Gasteiger charge is 2.23. The number of halogens is 4. The minimum atomic E-state index is -3.05. The first-order valence-electron chi connectivity index (χ1n) is 11.2. The second-order valence-corrected chi connectivity index (χ2v) is 7.95. The first-order valence-corrected chi connectivity index (χ1v) is 11.2. The van der Waals surface area contributed by atoms with E-state index in [2.05, 4.69) is 30.3 Å². The Morgan fingerprint density at radius 2 is 1.69 bits per heavy atom. The monoisotopic (exact) mass is 544 g/mol. The fourth-order valence-electron chi connectivity index (χ4n) is 3.37. The van der Waals surface area contributed by atoms with Gasteiger partial charge >= 0.3 is 6.61 Å². The van der Waals surface area contributed by atoms with Crippen LogP contribution in [-0.4, -0.2) is 45.1 Å². The van der Waals surface area contributed by atoms with Gasteiger partial charge in [0, 0.05) is 30.1 Å². The Morgan fingerprint density at radius 3 is 2.28 bits per heavy atom. The van der Waals surface area contributed by atoms with E-state index < -0.39 is 41.7 Å². The Kier molecular flexibility index (Phi) is 8.03. The van der Waals surface area contributed by atoms with E-state index in [1.54, 1.807) is 6.92 Å². The number of ether oxygens (including phenoxy) is 2. The second-order valence-electron chi connectivity index (χ2n) is 7.95. The molecule has 4 rings (SSSR count). The molecule has 0 aliphatic rings. The highest BCUT2D eigenvalue weighted by atomic mass is 19.3. The smallest absolute Gasteiger partial charge is 0.387 e. The molecule has 0 spiro atoms. The number of anilines is 1. The van der Waals surface area contributed by atoms with Gasteiger partial charge in [-0.25, -0.2) is 13.8 Å². The van der Waals surface area contributed by atoms with Crippen LogP contribution in [0.3, 0.4) is 0 Å². The van der Waals surface area contributed by atoms with Gasteiger partial charge in [-0.2, -0.15) is 8.78 Å². The zero-order chi connectivity index (χ0) is 28.1. The maximum Gasteiger partial charge on any atom is 0.387 e. The quantitative estimate of drug-likeness (QED) is 0.305. The van der Waals surface area contributed by atoms with Crippen LogP contribution in [-0.2, 0) is 6.54 Å². The summed E-state index contributed by atoms with van der Waals surface area (Å²) in [5.74, 6) is -4.32. The van der Waals surface area contributed by atoms with Crippen molar-refractivity contribution in [2.45, 2.75) is 20.1 Å². The highest BCUT2D eigenvalue weighted by Crippen LogP contribution is 2.27. The van der Waals surface area contributed by atoms with Crippen LogP contribution in [0, 0.1) is 18.6 Å². The van der Waals surface area contributed by atoms with E-state index in [4.69, 9.17) is 4.74 Å². The van der Waals surface area contributed by atoms with Gasteiger partial charge in [0.2, 0.25) is 5.95 Å². The van der Waals surface area contributed by atoms with Crippen molar-refractivity contribution in [3.63, 3.8) is 0 Å². The molecule has 39 heavy (non-hydrogen) atoms. The van der Waals surface area contributed by atoms with Crippen LogP contribution < -0.4 is 20.1 Å².